The minimum absolute atomic E-state index is 0.184. The lowest BCUT2D eigenvalue weighted by Crippen LogP contribution is -2.31. The minimum atomic E-state index is -0.513. The molecule has 0 atom stereocenters. The van der Waals surface area contributed by atoms with Gasteiger partial charge in [-0.15, -0.1) is 0 Å². The van der Waals surface area contributed by atoms with Gasteiger partial charge in [-0.25, -0.2) is 0 Å². The minimum Gasteiger partial charge on any atom is -0.404 e. The van der Waals surface area contributed by atoms with Crippen molar-refractivity contribution in [2.24, 2.45) is 0 Å². The van der Waals surface area contributed by atoms with E-state index in [-0.39, 0.29) is 5.88 Å². The molecule has 5 nitrogen and oxygen atoms in total. The molecule has 0 spiro atoms. The Morgan fingerprint density at radius 1 is 1.50 bits per heavy atom. The molecular weight excluding hydrogens is 228 g/mol. The van der Waals surface area contributed by atoms with Crippen LogP contribution in [-0.2, 0) is 6.54 Å². The fraction of sp³-hybridized carbons (Fsp3) is 0.600. The van der Waals surface area contributed by atoms with E-state index in [1.807, 2.05) is 11.8 Å². The number of nitro groups is 1. The molecule has 2 heterocycles. The molecule has 0 aromatic carbocycles. The molecule has 0 bridgehead atoms. The summed E-state index contributed by atoms with van der Waals surface area (Å²) in [6, 6.07) is 3.57. The smallest absolute Gasteiger partial charge is 0.404 e. The fourth-order valence-electron chi connectivity index (χ4n) is 1.71. The van der Waals surface area contributed by atoms with Crippen LogP contribution in [0.4, 0.5) is 5.88 Å². The molecule has 1 aromatic rings. The van der Waals surface area contributed by atoms with Gasteiger partial charge in [0, 0.05) is 6.04 Å². The Balaban J connectivity index is 1.81. The molecule has 2 rings (SSSR count). The summed E-state index contributed by atoms with van der Waals surface area (Å²) in [6.45, 7) is 0.573. The second-order valence-electron chi connectivity index (χ2n) is 3.76. The summed E-state index contributed by atoms with van der Waals surface area (Å²) < 4.78 is 5.07. The van der Waals surface area contributed by atoms with Gasteiger partial charge in [0.2, 0.25) is 0 Å². The van der Waals surface area contributed by atoms with E-state index in [1.54, 1.807) is 6.07 Å². The summed E-state index contributed by atoms with van der Waals surface area (Å²) in [7, 11) is 0. The van der Waals surface area contributed by atoms with Gasteiger partial charge in [-0.3, -0.25) is 10.1 Å². The number of hydrogen-bond acceptors (Lipinski definition) is 5. The molecule has 6 heteroatoms. The zero-order valence-corrected chi connectivity index (χ0v) is 9.66. The number of hydrogen-bond donors (Lipinski definition) is 1. The maximum Gasteiger partial charge on any atom is 0.433 e. The molecule has 1 N–H and O–H groups in total. The maximum atomic E-state index is 10.4. The third-order valence-corrected chi connectivity index (χ3v) is 3.66. The van der Waals surface area contributed by atoms with Gasteiger partial charge in [0.05, 0.1) is 12.6 Å². The van der Waals surface area contributed by atoms with E-state index in [9.17, 15) is 10.1 Å². The zero-order chi connectivity index (χ0) is 11.4. The van der Waals surface area contributed by atoms with Crippen LogP contribution in [0.2, 0.25) is 0 Å². The molecule has 1 aliphatic rings. The number of nitrogens with zero attached hydrogens (tertiary/aromatic N) is 1. The molecule has 16 heavy (non-hydrogen) atoms. The summed E-state index contributed by atoms with van der Waals surface area (Å²) in [6.07, 6.45) is 2.32. The first-order valence-electron chi connectivity index (χ1n) is 5.30. The molecule has 0 aliphatic carbocycles. The second-order valence-corrected chi connectivity index (χ2v) is 4.99. The predicted molar refractivity (Wildman–Crippen MR) is 62.5 cm³/mol. The van der Waals surface area contributed by atoms with E-state index in [0.717, 1.165) is 12.8 Å². The molecular formula is C10H14N2O3S. The first-order chi connectivity index (χ1) is 7.75. The monoisotopic (exact) mass is 242 g/mol. The Kier molecular flexibility index (Phi) is 3.84. The fourth-order valence-corrected chi connectivity index (χ4v) is 2.81. The van der Waals surface area contributed by atoms with Crippen LogP contribution in [0.25, 0.3) is 0 Å². The lowest BCUT2D eigenvalue weighted by molar-refractivity contribution is -0.402. The average molecular weight is 242 g/mol. The van der Waals surface area contributed by atoms with Crippen LogP contribution in [0, 0.1) is 10.1 Å². The highest BCUT2D eigenvalue weighted by atomic mass is 32.2. The van der Waals surface area contributed by atoms with E-state index < -0.39 is 4.92 Å². The van der Waals surface area contributed by atoms with Crippen molar-refractivity contribution in [1.29, 1.82) is 0 Å². The largest absolute Gasteiger partial charge is 0.433 e. The Bertz CT molecular complexity index is 361. The van der Waals surface area contributed by atoms with Gasteiger partial charge in [-0.05, 0) is 30.4 Å². The third-order valence-electron chi connectivity index (χ3n) is 2.61. The molecule has 88 valence electrons. The standard InChI is InChI=1S/C10H14N2O3S/c13-12(14)10-2-1-9(15-10)7-11-8-3-5-16-6-4-8/h1-2,8,11H,3-7H2. The SMILES string of the molecule is O=[N+]([O-])c1ccc(CNC2CCSCC2)o1. The van der Waals surface area contributed by atoms with Crippen LogP contribution in [0.5, 0.6) is 0 Å². The first-order valence-corrected chi connectivity index (χ1v) is 6.45. The van der Waals surface area contributed by atoms with Crippen molar-refractivity contribution in [3.8, 4) is 0 Å². The predicted octanol–water partition coefficient (Wildman–Crippen LogP) is 2.17. The highest BCUT2D eigenvalue weighted by Crippen LogP contribution is 2.19. The number of thioether (sulfide) groups is 1. The van der Waals surface area contributed by atoms with Crippen molar-refractivity contribution in [1.82, 2.24) is 5.32 Å². The van der Waals surface area contributed by atoms with Gasteiger partial charge in [0.15, 0.2) is 0 Å². The summed E-state index contributed by atoms with van der Waals surface area (Å²) >= 11 is 1.98. The summed E-state index contributed by atoms with van der Waals surface area (Å²) in [5, 5.41) is 13.8. The van der Waals surface area contributed by atoms with Crippen molar-refractivity contribution in [2.75, 3.05) is 11.5 Å². The van der Waals surface area contributed by atoms with E-state index >= 15 is 0 Å². The van der Waals surface area contributed by atoms with Crippen molar-refractivity contribution < 1.29 is 9.34 Å². The highest BCUT2D eigenvalue weighted by molar-refractivity contribution is 7.99. The molecule has 0 amide bonds. The number of rotatable bonds is 4. The van der Waals surface area contributed by atoms with Gasteiger partial charge in [0.1, 0.15) is 10.7 Å². The summed E-state index contributed by atoms with van der Waals surface area (Å²) in [5.41, 5.74) is 0. The van der Waals surface area contributed by atoms with Gasteiger partial charge in [-0.2, -0.15) is 11.8 Å². The molecule has 0 unspecified atom stereocenters. The topological polar surface area (TPSA) is 68.3 Å². The van der Waals surface area contributed by atoms with Crippen LogP contribution >= 0.6 is 11.8 Å². The Morgan fingerprint density at radius 2 is 2.25 bits per heavy atom. The van der Waals surface area contributed by atoms with Crippen LogP contribution in [0.3, 0.4) is 0 Å². The molecule has 1 saturated heterocycles. The third kappa shape index (κ3) is 2.99. The first kappa shape index (κ1) is 11.5. The quantitative estimate of drug-likeness (QED) is 0.647. The summed E-state index contributed by atoms with van der Waals surface area (Å²) in [4.78, 5) is 9.90. The Hall–Kier alpha value is -1.01. The van der Waals surface area contributed by atoms with Crippen molar-refractivity contribution in [2.45, 2.75) is 25.4 Å². The van der Waals surface area contributed by atoms with Crippen molar-refractivity contribution >= 4 is 17.6 Å². The zero-order valence-electron chi connectivity index (χ0n) is 8.85. The van der Waals surface area contributed by atoms with Crippen LogP contribution in [0.15, 0.2) is 16.5 Å². The lowest BCUT2D eigenvalue weighted by atomic mass is 10.1. The summed E-state index contributed by atoms with van der Waals surface area (Å²) in [5.74, 6) is 2.83. The number of furan rings is 1. The molecule has 1 fully saturated rings. The van der Waals surface area contributed by atoms with E-state index in [2.05, 4.69) is 5.32 Å². The van der Waals surface area contributed by atoms with Crippen molar-refractivity contribution in [3.63, 3.8) is 0 Å². The molecule has 1 aliphatic heterocycles. The van der Waals surface area contributed by atoms with Gasteiger partial charge >= 0.3 is 5.88 Å². The molecule has 0 saturated carbocycles. The average Bonchev–Trinajstić information content (AvgIpc) is 2.76. The van der Waals surface area contributed by atoms with Gasteiger partial charge in [0.25, 0.3) is 0 Å². The van der Waals surface area contributed by atoms with Gasteiger partial charge < -0.3 is 9.73 Å². The van der Waals surface area contributed by atoms with Crippen molar-refractivity contribution in [3.05, 3.63) is 28.0 Å². The normalized spacial score (nSPS) is 17.5. The van der Waals surface area contributed by atoms with Crippen LogP contribution < -0.4 is 5.32 Å². The lowest BCUT2D eigenvalue weighted by Gasteiger charge is -2.21. The Morgan fingerprint density at radius 3 is 2.88 bits per heavy atom. The Labute approximate surface area is 97.7 Å². The maximum absolute atomic E-state index is 10.4. The highest BCUT2D eigenvalue weighted by Gasteiger charge is 2.15. The molecule has 0 radical (unpaired) electrons. The second kappa shape index (κ2) is 5.36. The van der Waals surface area contributed by atoms with Crippen LogP contribution in [0.1, 0.15) is 18.6 Å². The number of nitrogens with one attached hydrogen (secondary N) is 1. The van der Waals surface area contributed by atoms with E-state index in [0.29, 0.717) is 18.3 Å². The van der Waals surface area contributed by atoms with E-state index in [1.165, 1.54) is 17.6 Å². The molecule has 1 aromatic heterocycles. The van der Waals surface area contributed by atoms with E-state index in [4.69, 9.17) is 4.42 Å². The van der Waals surface area contributed by atoms with Crippen LogP contribution in [-0.4, -0.2) is 22.5 Å². The van der Waals surface area contributed by atoms with Gasteiger partial charge in [-0.1, -0.05) is 0 Å².